The van der Waals surface area contributed by atoms with Crippen molar-refractivity contribution in [3.8, 4) is 5.88 Å². The van der Waals surface area contributed by atoms with Crippen LogP contribution in [0.2, 0.25) is 0 Å². The van der Waals surface area contributed by atoms with Gasteiger partial charge in [0.1, 0.15) is 0 Å². The number of nitrogens with one attached hydrogen (secondary N) is 1. The molecular formula is C14H16BrN3O. The summed E-state index contributed by atoms with van der Waals surface area (Å²) in [5, 5.41) is 3.28. The van der Waals surface area contributed by atoms with E-state index in [1.54, 1.807) is 13.2 Å². The van der Waals surface area contributed by atoms with E-state index in [0.29, 0.717) is 11.8 Å². The first-order valence-corrected chi connectivity index (χ1v) is 6.79. The normalized spacial score (nSPS) is 12.0. The zero-order chi connectivity index (χ0) is 13.8. The lowest BCUT2D eigenvalue weighted by Crippen LogP contribution is -2.10. The summed E-state index contributed by atoms with van der Waals surface area (Å²) in [6.07, 6.45) is 0. The molecule has 0 aliphatic heterocycles. The Kier molecular flexibility index (Phi) is 4.37. The van der Waals surface area contributed by atoms with Crippen molar-refractivity contribution in [2.24, 2.45) is 0 Å². The van der Waals surface area contributed by atoms with Gasteiger partial charge in [0.2, 0.25) is 11.8 Å². The number of anilines is 1. The molecule has 0 spiro atoms. The summed E-state index contributed by atoms with van der Waals surface area (Å²) in [5.74, 6) is 1.14. The van der Waals surface area contributed by atoms with Crippen molar-refractivity contribution in [3.63, 3.8) is 0 Å². The first kappa shape index (κ1) is 13.8. The predicted octanol–water partition coefficient (Wildman–Crippen LogP) is 3.73. The van der Waals surface area contributed by atoms with Crippen LogP contribution in [0.25, 0.3) is 0 Å². The zero-order valence-electron chi connectivity index (χ0n) is 11.1. The van der Waals surface area contributed by atoms with Gasteiger partial charge >= 0.3 is 0 Å². The monoisotopic (exact) mass is 321 g/mol. The molecule has 19 heavy (non-hydrogen) atoms. The summed E-state index contributed by atoms with van der Waals surface area (Å²) >= 11 is 3.47. The van der Waals surface area contributed by atoms with Crippen LogP contribution in [0, 0.1) is 6.92 Å². The van der Waals surface area contributed by atoms with Crippen LogP contribution in [-0.2, 0) is 0 Å². The third-order valence-electron chi connectivity index (χ3n) is 2.73. The summed E-state index contributed by atoms with van der Waals surface area (Å²) in [6.45, 7) is 3.99. The van der Waals surface area contributed by atoms with Crippen molar-refractivity contribution < 1.29 is 4.74 Å². The largest absolute Gasteiger partial charge is 0.481 e. The maximum absolute atomic E-state index is 5.14. The van der Waals surface area contributed by atoms with Crippen molar-refractivity contribution in [3.05, 3.63) is 46.1 Å². The number of hydrogen-bond acceptors (Lipinski definition) is 4. The Hall–Kier alpha value is -1.62. The van der Waals surface area contributed by atoms with Gasteiger partial charge in [-0.2, -0.15) is 4.98 Å². The molecule has 2 rings (SSSR count). The van der Waals surface area contributed by atoms with Crippen LogP contribution in [0.5, 0.6) is 5.88 Å². The van der Waals surface area contributed by atoms with Crippen LogP contribution < -0.4 is 10.1 Å². The molecular weight excluding hydrogens is 306 g/mol. The number of methoxy groups -OCH3 is 1. The first-order valence-electron chi connectivity index (χ1n) is 6.00. The molecule has 0 bridgehead atoms. The maximum atomic E-state index is 5.14. The fourth-order valence-corrected chi connectivity index (χ4v) is 2.18. The number of hydrogen-bond donors (Lipinski definition) is 1. The van der Waals surface area contributed by atoms with E-state index in [9.17, 15) is 0 Å². The minimum atomic E-state index is 0.115. The van der Waals surface area contributed by atoms with E-state index in [1.807, 2.05) is 19.1 Å². The Morgan fingerprint density at radius 1 is 1.26 bits per heavy atom. The molecule has 1 aromatic heterocycles. The molecule has 1 N–H and O–H groups in total. The van der Waals surface area contributed by atoms with Gasteiger partial charge in [0.25, 0.3) is 0 Å². The van der Waals surface area contributed by atoms with Crippen LogP contribution in [0.15, 0.2) is 34.8 Å². The van der Waals surface area contributed by atoms with E-state index >= 15 is 0 Å². The molecule has 1 aromatic carbocycles. The smallest absolute Gasteiger partial charge is 0.226 e. The Bertz CT molecular complexity index is 574. The van der Waals surface area contributed by atoms with Gasteiger partial charge in [0, 0.05) is 16.2 Å². The molecule has 0 fully saturated rings. The highest BCUT2D eigenvalue weighted by molar-refractivity contribution is 9.10. The van der Waals surface area contributed by atoms with Gasteiger partial charge < -0.3 is 10.1 Å². The topological polar surface area (TPSA) is 47.0 Å². The van der Waals surface area contributed by atoms with Crippen LogP contribution in [-0.4, -0.2) is 17.1 Å². The number of nitrogens with zero attached hydrogens (tertiary/aromatic N) is 2. The number of aryl methyl sites for hydroxylation is 1. The maximum Gasteiger partial charge on any atom is 0.226 e. The van der Waals surface area contributed by atoms with Gasteiger partial charge in [0.05, 0.1) is 13.2 Å². The van der Waals surface area contributed by atoms with E-state index in [-0.39, 0.29) is 6.04 Å². The van der Waals surface area contributed by atoms with Gasteiger partial charge in [0.15, 0.2) is 0 Å². The third-order valence-corrected chi connectivity index (χ3v) is 3.23. The first-order chi connectivity index (χ1) is 9.08. The standard InChI is InChI=1S/C14H16BrN3O/c1-9-7-13(19-3)18-14(16-9)17-10(2)11-5-4-6-12(15)8-11/h4-8,10H,1-3H3,(H,16,17,18). The summed E-state index contributed by atoms with van der Waals surface area (Å²) in [4.78, 5) is 8.64. The van der Waals surface area contributed by atoms with Crippen LogP contribution in [0.3, 0.4) is 0 Å². The highest BCUT2D eigenvalue weighted by atomic mass is 79.9. The van der Waals surface area contributed by atoms with Gasteiger partial charge in [-0.1, -0.05) is 28.1 Å². The molecule has 2 aromatic rings. The number of benzene rings is 1. The molecule has 1 heterocycles. The van der Waals surface area contributed by atoms with E-state index in [1.165, 1.54) is 5.56 Å². The van der Waals surface area contributed by atoms with Crippen molar-refractivity contribution in [1.82, 2.24) is 9.97 Å². The number of halogens is 1. The van der Waals surface area contributed by atoms with Gasteiger partial charge in [-0.15, -0.1) is 0 Å². The van der Waals surface area contributed by atoms with Crippen LogP contribution in [0.4, 0.5) is 5.95 Å². The Balaban J connectivity index is 2.18. The molecule has 0 radical (unpaired) electrons. The molecule has 0 saturated heterocycles. The summed E-state index contributed by atoms with van der Waals surface area (Å²) in [5.41, 5.74) is 2.04. The quantitative estimate of drug-likeness (QED) is 0.932. The molecule has 0 saturated carbocycles. The lowest BCUT2D eigenvalue weighted by atomic mass is 10.1. The minimum Gasteiger partial charge on any atom is -0.481 e. The average molecular weight is 322 g/mol. The van der Waals surface area contributed by atoms with Gasteiger partial charge in [-0.05, 0) is 31.5 Å². The van der Waals surface area contributed by atoms with E-state index in [2.05, 4.69) is 50.3 Å². The number of aromatic nitrogens is 2. The molecule has 100 valence electrons. The van der Waals surface area contributed by atoms with Gasteiger partial charge in [-0.25, -0.2) is 4.98 Å². The average Bonchev–Trinajstić information content (AvgIpc) is 2.38. The summed E-state index contributed by atoms with van der Waals surface area (Å²) < 4.78 is 6.20. The predicted molar refractivity (Wildman–Crippen MR) is 79.5 cm³/mol. The van der Waals surface area contributed by atoms with Crippen molar-refractivity contribution in [2.75, 3.05) is 12.4 Å². The number of rotatable bonds is 4. The molecule has 1 unspecified atom stereocenters. The lowest BCUT2D eigenvalue weighted by molar-refractivity contribution is 0.397. The summed E-state index contributed by atoms with van der Waals surface area (Å²) in [6, 6.07) is 10.1. The highest BCUT2D eigenvalue weighted by Gasteiger charge is 2.09. The second kappa shape index (κ2) is 6.02. The van der Waals surface area contributed by atoms with Crippen molar-refractivity contribution >= 4 is 21.9 Å². The fourth-order valence-electron chi connectivity index (χ4n) is 1.76. The summed E-state index contributed by atoms with van der Waals surface area (Å²) in [7, 11) is 1.60. The molecule has 1 atom stereocenters. The van der Waals surface area contributed by atoms with Crippen LogP contribution in [0.1, 0.15) is 24.2 Å². The van der Waals surface area contributed by atoms with Crippen molar-refractivity contribution in [2.45, 2.75) is 19.9 Å². The number of ether oxygens (including phenoxy) is 1. The minimum absolute atomic E-state index is 0.115. The SMILES string of the molecule is COc1cc(C)nc(NC(C)c2cccc(Br)c2)n1. The van der Waals surface area contributed by atoms with E-state index in [4.69, 9.17) is 4.74 Å². The molecule has 0 aliphatic rings. The molecule has 0 aliphatic carbocycles. The second-order valence-corrected chi connectivity index (χ2v) is 5.21. The Morgan fingerprint density at radius 2 is 2.05 bits per heavy atom. The second-order valence-electron chi connectivity index (χ2n) is 4.30. The Labute approximate surface area is 121 Å². The molecule has 0 amide bonds. The third kappa shape index (κ3) is 3.67. The zero-order valence-corrected chi connectivity index (χ0v) is 12.7. The van der Waals surface area contributed by atoms with Gasteiger partial charge in [-0.3, -0.25) is 0 Å². The lowest BCUT2D eigenvalue weighted by Gasteiger charge is -2.15. The fraction of sp³-hybridized carbons (Fsp3) is 0.286. The highest BCUT2D eigenvalue weighted by Crippen LogP contribution is 2.21. The molecule has 5 heteroatoms. The van der Waals surface area contributed by atoms with E-state index in [0.717, 1.165) is 10.2 Å². The van der Waals surface area contributed by atoms with E-state index < -0.39 is 0 Å². The Morgan fingerprint density at radius 3 is 2.74 bits per heavy atom. The van der Waals surface area contributed by atoms with Crippen molar-refractivity contribution in [1.29, 1.82) is 0 Å². The van der Waals surface area contributed by atoms with Crippen LogP contribution >= 0.6 is 15.9 Å². The molecule has 4 nitrogen and oxygen atoms in total.